The third-order valence-electron chi connectivity index (χ3n) is 6.40. The van der Waals surface area contributed by atoms with Crippen molar-refractivity contribution in [1.29, 1.82) is 0 Å². The molecule has 2 fully saturated rings. The molecule has 0 saturated heterocycles. The van der Waals surface area contributed by atoms with Gasteiger partial charge in [0.05, 0.1) is 31.9 Å². The molecule has 1 aliphatic heterocycles. The molecule has 1 atom stereocenters. The summed E-state index contributed by atoms with van der Waals surface area (Å²) in [5.41, 5.74) is 2.63. The smallest absolute Gasteiger partial charge is 0.262 e. The van der Waals surface area contributed by atoms with Gasteiger partial charge >= 0.3 is 0 Å². The fraction of sp³-hybridized carbons (Fsp3) is 0.458. The number of rotatable bonds is 6. The zero-order valence-electron chi connectivity index (χ0n) is 17.0. The van der Waals surface area contributed by atoms with Gasteiger partial charge in [-0.15, -0.1) is 0 Å². The lowest BCUT2D eigenvalue weighted by molar-refractivity contribution is 0.0986. The van der Waals surface area contributed by atoms with E-state index in [0.717, 1.165) is 42.7 Å². The molecule has 1 heterocycles. The van der Waals surface area contributed by atoms with Crippen molar-refractivity contribution < 1.29 is 19.0 Å². The summed E-state index contributed by atoms with van der Waals surface area (Å²) in [4.78, 5) is 15.4. The minimum absolute atomic E-state index is 0.00586. The van der Waals surface area contributed by atoms with Gasteiger partial charge in [0.15, 0.2) is 11.5 Å². The van der Waals surface area contributed by atoms with E-state index in [2.05, 4.69) is 6.07 Å². The first-order valence-electron chi connectivity index (χ1n) is 10.6. The van der Waals surface area contributed by atoms with Crippen LogP contribution in [0.25, 0.3) is 0 Å². The number of ether oxygens (including phenoxy) is 3. The molecule has 5 rings (SSSR count). The average molecular weight is 393 g/mol. The minimum atomic E-state index is 0.00586. The third-order valence-corrected chi connectivity index (χ3v) is 6.40. The van der Waals surface area contributed by atoms with Gasteiger partial charge in [0.1, 0.15) is 5.75 Å². The normalized spacial score (nSPS) is 21.4. The summed E-state index contributed by atoms with van der Waals surface area (Å²) in [7, 11) is 3.28. The van der Waals surface area contributed by atoms with E-state index in [9.17, 15) is 4.79 Å². The van der Waals surface area contributed by atoms with Gasteiger partial charge in [0, 0.05) is 11.8 Å². The number of benzene rings is 2. The summed E-state index contributed by atoms with van der Waals surface area (Å²) in [6.45, 7) is 0. The zero-order valence-corrected chi connectivity index (χ0v) is 17.0. The Morgan fingerprint density at radius 2 is 1.66 bits per heavy atom. The number of carbonyl (C=O) groups is 1. The second kappa shape index (κ2) is 7.29. The number of fused-ring (bicyclic) bond motifs is 1. The van der Waals surface area contributed by atoms with Gasteiger partial charge in [-0.2, -0.15) is 0 Å². The number of hydrogen-bond acceptors (Lipinski definition) is 4. The number of amides is 1. The number of anilines is 1. The van der Waals surface area contributed by atoms with E-state index in [1.165, 1.54) is 12.8 Å². The Labute approximate surface area is 171 Å². The van der Waals surface area contributed by atoms with Gasteiger partial charge in [-0.3, -0.25) is 4.79 Å². The maximum Gasteiger partial charge on any atom is 0.262 e. The molecule has 3 aliphatic rings. The predicted octanol–water partition coefficient (Wildman–Crippen LogP) is 5.14. The Morgan fingerprint density at radius 1 is 0.897 bits per heavy atom. The standard InChI is InChI=1S/C24H27NO4/c1-27-19-13-12-16(14-21(19)29-17-6-3-4-7-17)25-23(15-10-11-15)18-8-5-9-20(28-2)22(18)24(25)26/h5,8-9,12-15,17,23H,3-4,6-7,10-11H2,1-2H3. The molecule has 1 amide bonds. The van der Waals surface area contributed by atoms with Crippen LogP contribution < -0.4 is 19.1 Å². The first-order chi connectivity index (χ1) is 14.2. The molecule has 29 heavy (non-hydrogen) atoms. The summed E-state index contributed by atoms with van der Waals surface area (Å²) in [5.74, 6) is 2.59. The Bertz CT molecular complexity index is 930. The molecule has 5 nitrogen and oxygen atoms in total. The molecule has 152 valence electrons. The van der Waals surface area contributed by atoms with Crippen LogP contribution in [0.5, 0.6) is 17.2 Å². The molecule has 5 heteroatoms. The van der Waals surface area contributed by atoms with Crippen LogP contribution in [0.4, 0.5) is 5.69 Å². The highest BCUT2D eigenvalue weighted by Gasteiger charge is 2.47. The zero-order chi connectivity index (χ0) is 20.0. The molecule has 2 aromatic carbocycles. The summed E-state index contributed by atoms with van der Waals surface area (Å²) in [6.07, 6.45) is 7.07. The highest BCUT2D eigenvalue weighted by Crippen LogP contribution is 2.53. The van der Waals surface area contributed by atoms with E-state index in [-0.39, 0.29) is 18.1 Å². The second-order valence-corrected chi connectivity index (χ2v) is 8.24. The van der Waals surface area contributed by atoms with Crippen molar-refractivity contribution in [2.75, 3.05) is 19.1 Å². The van der Waals surface area contributed by atoms with Crippen molar-refractivity contribution in [2.24, 2.45) is 5.92 Å². The van der Waals surface area contributed by atoms with Gasteiger partial charge in [-0.25, -0.2) is 0 Å². The summed E-state index contributed by atoms with van der Waals surface area (Å²) >= 11 is 0. The topological polar surface area (TPSA) is 48.0 Å². The fourth-order valence-electron chi connectivity index (χ4n) is 4.83. The maximum atomic E-state index is 13.5. The van der Waals surface area contributed by atoms with E-state index < -0.39 is 0 Å². The fourth-order valence-corrected chi connectivity index (χ4v) is 4.83. The van der Waals surface area contributed by atoms with E-state index in [4.69, 9.17) is 14.2 Å². The SMILES string of the molecule is COc1ccc(N2C(=O)c3c(OC)cccc3C2C2CC2)cc1OC1CCCC1. The lowest BCUT2D eigenvalue weighted by Gasteiger charge is -2.27. The van der Waals surface area contributed by atoms with Crippen molar-refractivity contribution in [3.8, 4) is 17.2 Å². The van der Waals surface area contributed by atoms with Crippen molar-refractivity contribution in [3.63, 3.8) is 0 Å². The highest BCUT2D eigenvalue weighted by atomic mass is 16.5. The van der Waals surface area contributed by atoms with Crippen LogP contribution in [0.1, 0.15) is 60.5 Å². The Balaban J connectivity index is 1.55. The molecule has 2 saturated carbocycles. The molecular weight excluding hydrogens is 366 g/mol. The van der Waals surface area contributed by atoms with Gasteiger partial charge in [-0.05, 0) is 68.2 Å². The quantitative estimate of drug-likeness (QED) is 0.682. The van der Waals surface area contributed by atoms with E-state index in [0.29, 0.717) is 23.0 Å². The van der Waals surface area contributed by atoms with Crippen LogP contribution in [0, 0.1) is 5.92 Å². The molecule has 0 aromatic heterocycles. The molecule has 2 aliphatic carbocycles. The van der Waals surface area contributed by atoms with Crippen molar-refractivity contribution in [1.82, 2.24) is 0 Å². The van der Waals surface area contributed by atoms with Crippen molar-refractivity contribution in [2.45, 2.75) is 50.7 Å². The van der Waals surface area contributed by atoms with E-state index >= 15 is 0 Å². The van der Waals surface area contributed by atoms with E-state index in [1.807, 2.05) is 35.2 Å². The van der Waals surface area contributed by atoms with Gasteiger partial charge in [0.2, 0.25) is 0 Å². The number of nitrogens with zero attached hydrogens (tertiary/aromatic N) is 1. The van der Waals surface area contributed by atoms with Crippen LogP contribution >= 0.6 is 0 Å². The lowest BCUT2D eigenvalue weighted by atomic mass is 10.00. The van der Waals surface area contributed by atoms with Crippen molar-refractivity contribution >= 4 is 11.6 Å². The lowest BCUT2D eigenvalue weighted by Crippen LogP contribution is -2.29. The number of carbonyl (C=O) groups excluding carboxylic acids is 1. The molecule has 0 radical (unpaired) electrons. The molecular formula is C24H27NO4. The summed E-state index contributed by atoms with van der Waals surface area (Å²) in [5, 5.41) is 0. The van der Waals surface area contributed by atoms with Crippen LogP contribution in [0.2, 0.25) is 0 Å². The molecule has 0 spiro atoms. The van der Waals surface area contributed by atoms with Crippen LogP contribution in [0.3, 0.4) is 0 Å². The largest absolute Gasteiger partial charge is 0.496 e. The summed E-state index contributed by atoms with van der Waals surface area (Å²) < 4.78 is 17.3. The van der Waals surface area contributed by atoms with Gasteiger partial charge < -0.3 is 19.1 Å². The first kappa shape index (κ1) is 18.3. The first-order valence-corrected chi connectivity index (χ1v) is 10.6. The molecule has 2 aromatic rings. The minimum Gasteiger partial charge on any atom is -0.496 e. The molecule has 0 bridgehead atoms. The van der Waals surface area contributed by atoms with Crippen LogP contribution in [0.15, 0.2) is 36.4 Å². The average Bonchev–Trinajstić information content (AvgIpc) is 3.37. The number of methoxy groups -OCH3 is 2. The Hall–Kier alpha value is -2.69. The molecule has 1 unspecified atom stereocenters. The monoisotopic (exact) mass is 393 g/mol. The predicted molar refractivity (Wildman–Crippen MR) is 111 cm³/mol. The summed E-state index contributed by atoms with van der Waals surface area (Å²) in [6, 6.07) is 11.8. The van der Waals surface area contributed by atoms with E-state index in [1.54, 1.807) is 14.2 Å². The van der Waals surface area contributed by atoms with Gasteiger partial charge in [-0.1, -0.05) is 12.1 Å². The van der Waals surface area contributed by atoms with Gasteiger partial charge in [0.25, 0.3) is 5.91 Å². The number of hydrogen-bond donors (Lipinski definition) is 0. The molecule has 0 N–H and O–H groups in total. The second-order valence-electron chi connectivity index (χ2n) is 8.24. The Morgan fingerprint density at radius 3 is 2.34 bits per heavy atom. The van der Waals surface area contributed by atoms with Crippen molar-refractivity contribution in [3.05, 3.63) is 47.5 Å². The van der Waals surface area contributed by atoms with Crippen LogP contribution in [-0.4, -0.2) is 26.2 Å². The Kier molecular flexibility index (Phi) is 4.61. The van der Waals surface area contributed by atoms with Crippen LogP contribution in [-0.2, 0) is 0 Å². The third kappa shape index (κ3) is 3.13. The maximum absolute atomic E-state index is 13.5. The highest BCUT2D eigenvalue weighted by molar-refractivity contribution is 6.13.